The lowest BCUT2D eigenvalue weighted by atomic mass is 9.56. The number of hydrogen-bond donors (Lipinski definition) is 2. The number of fused-ring (bicyclic) bond motifs is 3. The highest BCUT2D eigenvalue weighted by Gasteiger charge is 2.54. The van der Waals surface area contributed by atoms with Crippen LogP contribution in [0.4, 0.5) is 4.39 Å². The summed E-state index contributed by atoms with van der Waals surface area (Å²) in [7, 11) is 0. The second kappa shape index (κ2) is 8.15. The molecule has 166 valence electrons. The van der Waals surface area contributed by atoms with Gasteiger partial charge in [0.1, 0.15) is 23.4 Å². The number of nitrogens with zero attached hydrogens (tertiary/aromatic N) is 1. The van der Waals surface area contributed by atoms with Crippen LogP contribution >= 0.6 is 11.6 Å². The highest BCUT2D eigenvalue weighted by atomic mass is 35.5. The van der Waals surface area contributed by atoms with Gasteiger partial charge in [0.25, 0.3) is 11.8 Å². The van der Waals surface area contributed by atoms with Gasteiger partial charge in [-0.25, -0.2) is 4.39 Å². The Balaban J connectivity index is 1.35. The number of nitrogens with one attached hydrogen (secondary N) is 2. The molecule has 5 rings (SSSR count). The molecule has 3 fully saturated rings. The Kier molecular flexibility index (Phi) is 5.68. The maximum Gasteiger partial charge on any atom is 0.258 e. The monoisotopic (exact) mass is 449 g/mol. The van der Waals surface area contributed by atoms with Crippen molar-refractivity contribution in [3.8, 4) is 5.75 Å². The summed E-state index contributed by atoms with van der Waals surface area (Å²) in [5.41, 5.74) is 0.402. The van der Waals surface area contributed by atoms with E-state index < -0.39 is 5.82 Å². The molecule has 7 nitrogen and oxygen atoms in total. The standard InChI is InChI=1S/C22H25ClFN3O4/c1-13-10-21(26-20(29)16-11-31-27-14(16)2)5-7-22(13,8-6-21)25-19(28)12-30-15-3-4-17(23)18(24)9-15/h3-4,9,11,13H,5-8,10,12H2,1-2H3,(H,25,28)(H,26,29). The van der Waals surface area contributed by atoms with E-state index in [9.17, 15) is 14.0 Å². The minimum atomic E-state index is -0.592. The molecule has 3 saturated carbocycles. The maximum atomic E-state index is 13.5. The first-order valence-corrected chi connectivity index (χ1v) is 10.7. The molecule has 1 heterocycles. The fraction of sp³-hybridized carbons (Fsp3) is 0.500. The molecule has 1 aromatic carbocycles. The SMILES string of the molecule is Cc1nocc1C(=O)NC12CCC(NC(=O)COc3ccc(Cl)c(F)c3)(CC1)C(C)C2. The first-order valence-electron chi connectivity index (χ1n) is 10.3. The molecule has 9 heteroatoms. The van der Waals surface area contributed by atoms with Crippen LogP contribution in [-0.2, 0) is 4.79 Å². The number of ether oxygens (including phenoxy) is 1. The van der Waals surface area contributed by atoms with Crippen LogP contribution in [0.3, 0.4) is 0 Å². The Hall–Kier alpha value is -2.61. The predicted molar refractivity (Wildman–Crippen MR) is 111 cm³/mol. The number of carbonyl (C=O) groups excluding carboxylic acids is 2. The smallest absolute Gasteiger partial charge is 0.258 e. The normalized spacial score (nSPS) is 27.0. The molecule has 1 atom stereocenters. The largest absolute Gasteiger partial charge is 0.484 e. The van der Waals surface area contributed by atoms with Gasteiger partial charge in [-0.2, -0.15) is 0 Å². The van der Waals surface area contributed by atoms with Crippen LogP contribution in [0.25, 0.3) is 0 Å². The summed E-state index contributed by atoms with van der Waals surface area (Å²) >= 11 is 5.67. The molecule has 1 aromatic heterocycles. The van der Waals surface area contributed by atoms with Gasteiger partial charge in [-0.15, -0.1) is 0 Å². The van der Waals surface area contributed by atoms with E-state index in [1.807, 2.05) is 0 Å². The Morgan fingerprint density at radius 3 is 2.65 bits per heavy atom. The molecule has 0 aliphatic heterocycles. The van der Waals surface area contributed by atoms with E-state index >= 15 is 0 Å². The lowest BCUT2D eigenvalue weighted by Gasteiger charge is -2.57. The molecular weight excluding hydrogens is 425 g/mol. The molecule has 2 amide bonds. The van der Waals surface area contributed by atoms with Gasteiger partial charge in [-0.3, -0.25) is 9.59 Å². The number of hydrogen-bond acceptors (Lipinski definition) is 5. The van der Waals surface area contributed by atoms with Crippen LogP contribution in [0, 0.1) is 18.7 Å². The number of benzene rings is 1. The average Bonchev–Trinajstić information content (AvgIpc) is 3.16. The van der Waals surface area contributed by atoms with Crippen LogP contribution in [0.5, 0.6) is 5.75 Å². The van der Waals surface area contributed by atoms with Crippen molar-refractivity contribution >= 4 is 23.4 Å². The lowest BCUT2D eigenvalue weighted by molar-refractivity contribution is -0.128. The zero-order valence-electron chi connectivity index (χ0n) is 17.5. The molecule has 3 aliphatic rings. The van der Waals surface area contributed by atoms with E-state index in [0.29, 0.717) is 11.3 Å². The summed E-state index contributed by atoms with van der Waals surface area (Å²) in [5.74, 6) is -0.587. The molecule has 1 unspecified atom stereocenters. The van der Waals surface area contributed by atoms with Crippen LogP contribution in [0.2, 0.25) is 5.02 Å². The summed E-state index contributed by atoms with van der Waals surface area (Å²) in [6.07, 6.45) is 5.21. The Morgan fingerprint density at radius 1 is 1.29 bits per heavy atom. The zero-order valence-corrected chi connectivity index (χ0v) is 18.2. The van der Waals surface area contributed by atoms with Crippen molar-refractivity contribution < 1.29 is 23.2 Å². The Morgan fingerprint density at radius 2 is 2.03 bits per heavy atom. The third kappa shape index (κ3) is 4.26. The van der Waals surface area contributed by atoms with E-state index in [4.69, 9.17) is 20.9 Å². The highest BCUT2D eigenvalue weighted by molar-refractivity contribution is 6.30. The highest BCUT2D eigenvalue weighted by Crippen LogP contribution is 2.50. The van der Waals surface area contributed by atoms with Gasteiger partial charge < -0.3 is 19.9 Å². The van der Waals surface area contributed by atoms with Crippen molar-refractivity contribution in [3.63, 3.8) is 0 Å². The molecule has 0 radical (unpaired) electrons. The first-order chi connectivity index (χ1) is 14.7. The quantitative estimate of drug-likeness (QED) is 0.699. The van der Waals surface area contributed by atoms with Crippen molar-refractivity contribution in [1.29, 1.82) is 0 Å². The number of aryl methyl sites for hydroxylation is 1. The maximum absolute atomic E-state index is 13.5. The van der Waals surface area contributed by atoms with Crippen molar-refractivity contribution in [1.82, 2.24) is 15.8 Å². The number of aromatic nitrogens is 1. The van der Waals surface area contributed by atoms with Gasteiger partial charge in [0.2, 0.25) is 0 Å². The minimum Gasteiger partial charge on any atom is -0.484 e. The number of carbonyl (C=O) groups is 2. The molecule has 0 saturated heterocycles. The molecule has 2 N–H and O–H groups in total. The van der Waals surface area contributed by atoms with E-state index in [0.717, 1.165) is 38.2 Å². The zero-order chi connectivity index (χ0) is 22.2. The average molecular weight is 450 g/mol. The fourth-order valence-corrected chi connectivity index (χ4v) is 5.04. The minimum absolute atomic E-state index is 0.00342. The molecule has 31 heavy (non-hydrogen) atoms. The van der Waals surface area contributed by atoms with Gasteiger partial charge in [0.15, 0.2) is 6.61 Å². The van der Waals surface area contributed by atoms with Crippen molar-refractivity contribution in [3.05, 3.63) is 46.6 Å². The summed E-state index contributed by atoms with van der Waals surface area (Å²) in [5, 5.41) is 10.1. The molecular formula is C22H25ClFN3O4. The second-order valence-electron chi connectivity index (χ2n) is 8.72. The lowest BCUT2D eigenvalue weighted by Crippen LogP contribution is -2.67. The van der Waals surface area contributed by atoms with E-state index in [2.05, 4.69) is 22.7 Å². The molecule has 2 aromatic rings. The Bertz CT molecular complexity index is 1000. The van der Waals surface area contributed by atoms with Gasteiger partial charge in [0.05, 0.1) is 10.7 Å². The van der Waals surface area contributed by atoms with Gasteiger partial charge in [-0.05, 0) is 57.1 Å². The number of rotatable bonds is 6. The molecule has 2 bridgehead atoms. The summed E-state index contributed by atoms with van der Waals surface area (Å²) in [4.78, 5) is 25.2. The Labute approximate surface area is 184 Å². The van der Waals surface area contributed by atoms with Crippen LogP contribution < -0.4 is 15.4 Å². The van der Waals surface area contributed by atoms with Crippen LogP contribution in [0.15, 0.2) is 29.0 Å². The van der Waals surface area contributed by atoms with Crippen molar-refractivity contribution in [2.45, 2.75) is 57.0 Å². The van der Waals surface area contributed by atoms with E-state index in [-0.39, 0.29) is 46.2 Å². The van der Waals surface area contributed by atoms with Gasteiger partial charge >= 0.3 is 0 Å². The first kappa shape index (κ1) is 21.6. The van der Waals surface area contributed by atoms with Gasteiger partial charge in [-0.1, -0.05) is 23.7 Å². The van der Waals surface area contributed by atoms with Crippen LogP contribution in [-0.4, -0.2) is 34.7 Å². The van der Waals surface area contributed by atoms with E-state index in [1.165, 1.54) is 18.4 Å². The number of amides is 2. The third-order valence-electron chi connectivity index (χ3n) is 6.76. The summed E-state index contributed by atoms with van der Waals surface area (Å²) in [6, 6.07) is 4.07. The molecule has 0 spiro atoms. The topological polar surface area (TPSA) is 93.5 Å². The molecule has 3 aliphatic carbocycles. The third-order valence-corrected chi connectivity index (χ3v) is 7.07. The number of halogens is 2. The van der Waals surface area contributed by atoms with Gasteiger partial charge in [0, 0.05) is 17.1 Å². The fourth-order valence-electron chi connectivity index (χ4n) is 4.93. The van der Waals surface area contributed by atoms with Crippen molar-refractivity contribution in [2.75, 3.05) is 6.61 Å². The van der Waals surface area contributed by atoms with Crippen molar-refractivity contribution in [2.24, 2.45) is 5.92 Å². The summed E-state index contributed by atoms with van der Waals surface area (Å²) < 4.78 is 23.8. The van der Waals surface area contributed by atoms with Crippen LogP contribution in [0.1, 0.15) is 55.1 Å². The van der Waals surface area contributed by atoms with E-state index in [1.54, 1.807) is 6.92 Å². The predicted octanol–water partition coefficient (Wildman–Crippen LogP) is 3.79. The second-order valence-corrected chi connectivity index (χ2v) is 9.13. The summed E-state index contributed by atoms with van der Waals surface area (Å²) in [6.45, 7) is 3.63.